The van der Waals surface area contributed by atoms with Gasteiger partial charge in [0, 0.05) is 11.0 Å². The van der Waals surface area contributed by atoms with Crippen LogP contribution in [0.25, 0.3) is 0 Å². The Balaban J connectivity index is 2.15. The van der Waals surface area contributed by atoms with Gasteiger partial charge in [0.05, 0.1) is 7.11 Å². The Hall–Kier alpha value is -1.37. The molecule has 0 aromatic heterocycles. The number of nitrogens with one attached hydrogen (secondary N) is 1. The van der Waals surface area contributed by atoms with Gasteiger partial charge in [0.1, 0.15) is 10.6 Å². The highest BCUT2D eigenvalue weighted by Gasteiger charge is 2.20. The molecule has 0 radical (unpaired) electrons. The van der Waals surface area contributed by atoms with Gasteiger partial charge in [-0.1, -0.05) is 46.3 Å². The predicted molar refractivity (Wildman–Crippen MR) is 90.8 cm³/mol. The zero-order valence-corrected chi connectivity index (χ0v) is 14.9. The number of ether oxygens (including phenoxy) is 1. The predicted octanol–water partition coefficient (Wildman–Crippen LogP) is 3.29. The summed E-state index contributed by atoms with van der Waals surface area (Å²) in [5, 5.41) is 0. The molecule has 0 atom stereocenters. The van der Waals surface area contributed by atoms with Crippen molar-refractivity contribution in [3.63, 3.8) is 0 Å². The lowest BCUT2D eigenvalue weighted by atomic mass is 10.2. The average Bonchev–Trinajstić information content (AvgIpc) is 2.50. The van der Waals surface area contributed by atoms with Gasteiger partial charge in [-0.3, -0.25) is 0 Å². The molecule has 0 saturated carbocycles. The molecule has 0 spiro atoms. The van der Waals surface area contributed by atoms with E-state index in [-0.39, 0.29) is 4.90 Å². The van der Waals surface area contributed by atoms with E-state index in [2.05, 4.69) is 20.7 Å². The van der Waals surface area contributed by atoms with E-state index in [1.165, 1.54) is 7.11 Å². The van der Waals surface area contributed by atoms with Crippen LogP contribution in [0.3, 0.4) is 0 Å². The third-order valence-electron chi connectivity index (χ3n) is 3.28. The van der Waals surface area contributed by atoms with Crippen molar-refractivity contribution in [2.24, 2.45) is 0 Å². The Morgan fingerprint density at radius 1 is 1.18 bits per heavy atom. The molecular formula is C16H18BrNO3S. The molecule has 0 aliphatic rings. The molecule has 0 bridgehead atoms. The highest BCUT2D eigenvalue weighted by molar-refractivity contribution is 9.10. The van der Waals surface area contributed by atoms with Crippen molar-refractivity contribution < 1.29 is 13.2 Å². The molecule has 2 aromatic carbocycles. The maximum atomic E-state index is 12.5. The molecular weight excluding hydrogens is 366 g/mol. The standard InChI is InChI=1S/C16H18BrNO3S/c1-12-10-15(21-2)16(11-14(12)17)22(19,20)18-9-8-13-6-4-3-5-7-13/h3-7,10-11,18H,8-9H2,1-2H3. The van der Waals surface area contributed by atoms with E-state index < -0.39 is 10.0 Å². The van der Waals surface area contributed by atoms with E-state index in [1.54, 1.807) is 12.1 Å². The van der Waals surface area contributed by atoms with Gasteiger partial charge in [-0.05, 0) is 36.6 Å². The SMILES string of the molecule is COc1cc(C)c(Br)cc1S(=O)(=O)NCCc1ccccc1. The summed E-state index contributed by atoms with van der Waals surface area (Å²) in [5.74, 6) is 0.341. The van der Waals surface area contributed by atoms with Crippen LogP contribution in [0, 0.1) is 6.92 Å². The van der Waals surface area contributed by atoms with E-state index in [4.69, 9.17) is 4.74 Å². The molecule has 4 nitrogen and oxygen atoms in total. The zero-order valence-electron chi connectivity index (χ0n) is 12.5. The second-order valence-corrected chi connectivity index (χ2v) is 7.48. The van der Waals surface area contributed by atoms with Crippen LogP contribution in [-0.4, -0.2) is 22.1 Å². The quantitative estimate of drug-likeness (QED) is 0.832. The minimum absolute atomic E-state index is 0.139. The third kappa shape index (κ3) is 4.09. The van der Waals surface area contributed by atoms with Gasteiger partial charge in [-0.25, -0.2) is 13.1 Å². The number of methoxy groups -OCH3 is 1. The summed E-state index contributed by atoms with van der Waals surface area (Å²) in [4.78, 5) is 0.139. The molecule has 2 aromatic rings. The van der Waals surface area contributed by atoms with Gasteiger partial charge in [-0.15, -0.1) is 0 Å². The van der Waals surface area contributed by atoms with Crippen LogP contribution in [0.1, 0.15) is 11.1 Å². The first-order valence-corrected chi connectivity index (χ1v) is 9.09. The molecule has 118 valence electrons. The van der Waals surface area contributed by atoms with Crippen molar-refractivity contribution in [1.82, 2.24) is 4.72 Å². The maximum Gasteiger partial charge on any atom is 0.244 e. The van der Waals surface area contributed by atoms with Crippen LogP contribution < -0.4 is 9.46 Å². The van der Waals surface area contributed by atoms with Crippen LogP contribution in [0.4, 0.5) is 0 Å². The van der Waals surface area contributed by atoms with Gasteiger partial charge in [0.25, 0.3) is 0 Å². The summed E-state index contributed by atoms with van der Waals surface area (Å²) in [6.07, 6.45) is 0.634. The smallest absolute Gasteiger partial charge is 0.244 e. The fourth-order valence-electron chi connectivity index (χ4n) is 2.06. The van der Waals surface area contributed by atoms with E-state index >= 15 is 0 Å². The molecule has 0 aliphatic carbocycles. The van der Waals surface area contributed by atoms with Crippen molar-refractivity contribution in [3.05, 3.63) is 58.1 Å². The van der Waals surface area contributed by atoms with E-state index in [0.717, 1.165) is 15.6 Å². The number of aryl methyl sites for hydroxylation is 1. The van der Waals surface area contributed by atoms with Crippen LogP contribution in [-0.2, 0) is 16.4 Å². The number of sulfonamides is 1. The minimum Gasteiger partial charge on any atom is -0.495 e. The van der Waals surface area contributed by atoms with Gasteiger partial charge in [0.2, 0.25) is 10.0 Å². The molecule has 0 amide bonds. The number of hydrogen-bond donors (Lipinski definition) is 1. The van der Waals surface area contributed by atoms with Crippen molar-refractivity contribution in [3.8, 4) is 5.75 Å². The van der Waals surface area contributed by atoms with Crippen molar-refractivity contribution in [2.75, 3.05) is 13.7 Å². The summed E-state index contributed by atoms with van der Waals surface area (Å²) in [7, 11) is -2.15. The van der Waals surface area contributed by atoms with E-state index in [0.29, 0.717) is 18.7 Å². The lowest BCUT2D eigenvalue weighted by Gasteiger charge is -2.12. The van der Waals surface area contributed by atoms with Crippen LogP contribution >= 0.6 is 15.9 Å². The Morgan fingerprint density at radius 3 is 2.50 bits per heavy atom. The first-order chi connectivity index (χ1) is 10.4. The Kier molecular flexibility index (Phi) is 5.61. The van der Waals surface area contributed by atoms with Gasteiger partial charge >= 0.3 is 0 Å². The van der Waals surface area contributed by atoms with Crippen LogP contribution in [0.2, 0.25) is 0 Å². The molecule has 0 saturated heterocycles. The lowest BCUT2D eigenvalue weighted by Crippen LogP contribution is -2.26. The highest BCUT2D eigenvalue weighted by atomic mass is 79.9. The van der Waals surface area contributed by atoms with Gasteiger partial charge in [-0.2, -0.15) is 0 Å². The molecule has 0 fully saturated rings. The zero-order chi connectivity index (χ0) is 16.2. The number of rotatable bonds is 6. The molecule has 0 heterocycles. The van der Waals surface area contributed by atoms with Crippen LogP contribution in [0.5, 0.6) is 5.75 Å². The fourth-order valence-corrected chi connectivity index (χ4v) is 3.76. The van der Waals surface area contributed by atoms with Gasteiger partial charge < -0.3 is 4.74 Å². The lowest BCUT2D eigenvalue weighted by molar-refractivity contribution is 0.402. The monoisotopic (exact) mass is 383 g/mol. The molecule has 6 heteroatoms. The number of halogens is 1. The van der Waals surface area contributed by atoms with Gasteiger partial charge in [0.15, 0.2) is 0 Å². The second-order valence-electron chi connectivity index (χ2n) is 4.89. The minimum atomic E-state index is -3.62. The third-order valence-corrected chi connectivity index (χ3v) is 5.62. The molecule has 0 aliphatic heterocycles. The van der Waals surface area contributed by atoms with Crippen LogP contribution in [0.15, 0.2) is 51.8 Å². The first kappa shape index (κ1) is 17.0. The fraction of sp³-hybridized carbons (Fsp3) is 0.250. The number of benzene rings is 2. The second kappa shape index (κ2) is 7.26. The first-order valence-electron chi connectivity index (χ1n) is 6.82. The topological polar surface area (TPSA) is 55.4 Å². The average molecular weight is 384 g/mol. The largest absolute Gasteiger partial charge is 0.495 e. The Morgan fingerprint density at radius 2 is 1.86 bits per heavy atom. The van der Waals surface area contributed by atoms with Crippen molar-refractivity contribution in [2.45, 2.75) is 18.2 Å². The summed E-state index contributed by atoms with van der Waals surface area (Å²) >= 11 is 3.36. The van der Waals surface area contributed by atoms with Crippen molar-refractivity contribution in [1.29, 1.82) is 0 Å². The van der Waals surface area contributed by atoms with Crippen molar-refractivity contribution >= 4 is 26.0 Å². The molecule has 22 heavy (non-hydrogen) atoms. The summed E-state index contributed by atoms with van der Waals surface area (Å²) in [6, 6.07) is 13.0. The maximum absolute atomic E-state index is 12.5. The normalized spacial score (nSPS) is 11.4. The molecule has 2 rings (SSSR count). The van der Waals surface area contributed by atoms with E-state index in [9.17, 15) is 8.42 Å². The summed E-state index contributed by atoms with van der Waals surface area (Å²) < 4.78 is 33.4. The Bertz CT molecular complexity index is 745. The summed E-state index contributed by atoms with van der Waals surface area (Å²) in [6.45, 7) is 2.22. The highest BCUT2D eigenvalue weighted by Crippen LogP contribution is 2.30. The summed E-state index contributed by atoms with van der Waals surface area (Å²) in [5.41, 5.74) is 2.00. The molecule has 0 unspecified atom stereocenters. The Labute approximate surface area is 139 Å². The van der Waals surface area contributed by atoms with E-state index in [1.807, 2.05) is 37.3 Å². The number of hydrogen-bond acceptors (Lipinski definition) is 3. The molecule has 1 N–H and O–H groups in total.